The van der Waals surface area contributed by atoms with Gasteiger partial charge in [-0.05, 0) is 43.7 Å². The number of carbonyl (C=O) groups is 2. The molecule has 0 atom stereocenters. The van der Waals surface area contributed by atoms with Crippen molar-refractivity contribution in [2.24, 2.45) is 0 Å². The van der Waals surface area contributed by atoms with Crippen LogP contribution in [0.5, 0.6) is 0 Å². The van der Waals surface area contributed by atoms with E-state index < -0.39 is 6.03 Å². The van der Waals surface area contributed by atoms with Crippen molar-refractivity contribution >= 4 is 52.2 Å². The molecule has 9 heteroatoms. The summed E-state index contributed by atoms with van der Waals surface area (Å²) in [6.07, 6.45) is 0.720. The summed E-state index contributed by atoms with van der Waals surface area (Å²) in [5.74, 6) is -0.225. The van der Waals surface area contributed by atoms with E-state index in [1.165, 1.54) is 0 Å². The van der Waals surface area contributed by atoms with Crippen LogP contribution in [0.3, 0.4) is 0 Å². The second kappa shape index (κ2) is 11.6. The molecule has 0 unspecified atom stereocenters. The summed E-state index contributed by atoms with van der Waals surface area (Å²) in [6, 6.07) is 9.59. The summed E-state index contributed by atoms with van der Waals surface area (Å²) in [7, 11) is 3.70. The van der Waals surface area contributed by atoms with Crippen LogP contribution < -0.4 is 20.9 Å². The fourth-order valence-electron chi connectivity index (χ4n) is 2.69. The average molecular weight is 453 g/mol. The number of hydrogen-bond acceptors (Lipinski definition) is 4. The van der Waals surface area contributed by atoms with Gasteiger partial charge < -0.3 is 25.6 Å². The predicted molar refractivity (Wildman–Crippen MR) is 123 cm³/mol. The Morgan fingerprint density at radius 3 is 2.57 bits per heavy atom. The maximum atomic E-state index is 12.7. The van der Waals surface area contributed by atoms with Gasteiger partial charge in [-0.2, -0.15) is 0 Å². The van der Waals surface area contributed by atoms with Crippen molar-refractivity contribution in [3.05, 3.63) is 52.0 Å². The highest BCUT2D eigenvalue weighted by Gasteiger charge is 2.15. The number of benzene rings is 2. The minimum Gasteiger partial charge on any atom is -0.382 e. The zero-order chi connectivity index (χ0) is 22.1. The van der Waals surface area contributed by atoms with E-state index in [1.54, 1.807) is 36.4 Å². The lowest BCUT2D eigenvalue weighted by molar-refractivity contribution is 0.0944. The van der Waals surface area contributed by atoms with Gasteiger partial charge in [-0.25, -0.2) is 4.79 Å². The highest BCUT2D eigenvalue weighted by molar-refractivity contribution is 6.44. The first-order chi connectivity index (χ1) is 14.3. The van der Waals surface area contributed by atoms with Crippen LogP contribution >= 0.6 is 23.2 Å². The van der Waals surface area contributed by atoms with Gasteiger partial charge in [-0.3, -0.25) is 4.79 Å². The number of carbonyl (C=O) groups excluding carboxylic acids is 2. The molecule has 0 spiro atoms. The molecule has 0 aromatic heterocycles. The van der Waals surface area contributed by atoms with Gasteiger partial charge in [0.05, 0.1) is 21.3 Å². The number of nitrogens with zero attached hydrogens (tertiary/aromatic N) is 1. The Bertz CT molecular complexity index is 891. The molecule has 0 saturated carbocycles. The van der Waals surface area contributed by atoms with Crippen molar-refractivity contribution in [2.75, 3.05) is 49.4 Å². The summed E-state index contributed by atoms with van der Waals surface area (Å²) in [5.41, 5.74) is 2.05. The number of anilines is 3. The van der Waals surface area contributed by atoms with Gasteiger partial charge >= 0.3 is 6.03 Å². The van der Waals surface area contributed by atoms with E-state index >= 15 is 0 Å². The van der Waals surface area contributed by atoms with Crippen LogP contribution in [0.1, 0.15) is 23.7 Å². The molecule has 7 nitrogen and oxygen atoms in total. The molecule has 0 saturated heterocycles. The average Bonchev–Trinajstić information content (AvgIpc) is 2.71. The topological polar surface area (TPSA) is 82.7 Å². The highest BCUT2D eigenvalue weighted by atomic mass is 35.5. The zero-order valence-electron chi connectivity index (χ0n) is 17.2. The Kier molecular flexibility index (Phi) is 9.23. The Labute approximate surface area is 186 Å². The smallest absolute Gasteiger partial charge is 0.323 e. The maximum absolute atomic E-state index is 12.7. The van der Waals surface area contributed by atoms with Crippen molar-refractivity contribution in [1.82, 2.24) is 5.32 Å². The van der Waals surface area contributed by atoms with Gasteiger partial charge in [0.2, 0.25) is 0 Å². The normalized spacial score (nSPS) is 10.4. The number of amides is 3. The Balaban J connectivity index is 2.09. The van der Waals surface area contributed by atoms with E-state index in [2.05, 4.69) is 16.0 Å². The van der Waals surface area contributed by atoms with Gasteiger partial charge in [0.25, 0.3) is 5.91 Å². The SMILES string of the molecule is CCOCCCNC(=O)c1cc(NC(=O)Nc2cccc(Cl)c2Cl)ccc1N(C)C. The quantitative estimate of drug-likeness (QED) is 0.474. The van der Waals surface area contributed by atoms with Crippen molar-refractivity contribution < 1.29 is 14.3 Å². The van der Waals surface area contributed by atoms with E-state index in [1.807, 2.05) is 25.9 Å². The van der Waals surface area contributed by atoms with Crippen LogP contribution in [-0.4, -0.2) is 45.8 Å². The number of urea groups is 1. The van der Waals surface area contributed by atoms with E-state index in [0.717, 1.165) is 12.1 Å². The maximum Gasteiger partial charge on any atom is 0.323 e. The molecule has 3 amide bonds. The lowest BCUT2D eigenvalue weighted by Gasteiger charge is -2.19. The van der Waals surface area contributed by atoms with Crippen LogP contribution in [0.4, 0.5) is 21.9 Å². The van der Waals surface area contributed by atoms with Crippen molar-refractivity contribution in [3.63, 3.8) is 0 Å². The Morgan fingerprint density at radius 1 is 1.10 bits per heavy atom. The monoisotopic (exact) mass is 452 g/mol. The summed E-state index contributed by atoms with van der Waals surface area (Å²) in [4.78, 5) is 26.9. The van der Waals surface area contributed by atoms with Crippen LogP contribution in [-0.2, 0) is 4.74 Å². The van der Waals surface area contributed by atoms with E-state index in [4.69, 9.17) is 27.9 Å². The molecule has 2 aromatic carbocycles. The molecule has 0 radical (unpaired) electrons. The molecule has 0 aliphatic rings. The minimum atomic E-state index is -0.500. The molecule has 2 rings (SSSR count). The fourth-order valence-corrected chi connectivity index (χ4v) is 3.03. The molecular weight excluding hydrogens is 427 g/mol. The van der Waals surface area contributed by atoms with E-state index in [0.29, 0.717) is 41.7 Å². The summed E-state index contributed by atoms with van der Waals surface area (Å²) < 4.78 is 5.28. The van der Waals surface area contributed by atoms with Crippen molar-refractivity contribution in [2.45, 2.75) is 13.3 Å². The molecule has 162 valence electrons. The number of nitrogens with one attached hydrogen (secondary N) is 3. The predicted octanol–water partition coefficient (Wildman–Crippen LogP) is 4.86. The Morgan fingerprint density at radius 2 is 1.87 bits per heavy atom. The second-order valence-electron chi connectivity index (χ2n) is 6.61. The highest BCUT2D eigenvalue weighted by Crippen LogP contribution is 2.30. The molecule has 0 aliphatic carbocycles. The molecule has 0 fully saturated rings. The van der Waals surface area contributed by atoms with Gasteiger partial charge in [0, 0.05) is 45.2 Å². The summed E-state index contributed by atoms with van der Waals surface area (Å²) in [6.45, 7) is 3.66. The van der Waals surface area contributed by atoms with Crippen molar-refractivity contribution in [3.8, 4) is 0 Å². The number of halogens is 2. The third-order valence-corrected chi connectivity index (χ3v) is 4.95. The Hall–Kier alpha value is -2.48. The number of hydrogen-bond donors (Lipinski definition) is 3. The molecule has 2 aromatic rings. The number of ether oxygens (including phenoxy) is 1. The van der Waals surface area contributed by atoms with Gasteiger partial charge in [-0.1, -0.05) is 29.3 Å². The standard InChI is InChI=1S/C21H26Cl2N4O3/c1-4-30-12-6-11-24-20(28)15-13-14(9-10-18(15)27(2)3)25-21(29)26-17-8-5-7-16(22)19(17)23/h5,7-10,13H,4,6,11-12H2,1-3H3,(H,24,28)(H2,25,26,29). The lowest BCUT2D eigenvalue weighted by Crippen LogP contribution is -2.28. The fraction of sp³-hybridized carbons (Fsp3) is 0.333. The third-order valence-electron chi connectivity index (χ3n) is 4.14. The molecular formula is C21H26Cl2N4O3. The third kappa shape index (κ3) is 6.79. The van der Waals surface area contributed by atoms with Crippen LogP contribution in [0.15, 0.2) is 36.4 Å². The molecule has 0 heterocycles. The van der Waals surface area contributed by atoms with Gasteiger partial charge in [-0.15, -0.1) is 0 Å². The largest absolute Gasteiger partial charge is 0.382 e. The minimum absolute atomic E-state index is 0.225. The summed E-state index contributed by atoms with van der Waals surface area (Å²) in [5, 5.41) is 8.84. The molecule has 3 N–H and O–H groups in total. The van der Waals surface area contributed by atoms with Gasteiger partial charge in [0.1, 0.15) is 0 Å². The second-order valence-corrected chi connectivity index (χ2v) is 7.40. The van der Waals surface area contributed by atoms with Crippen molar-refractivity contribution in [1.29, 1.82) is 0 Å². The first kappa shape index (κ1) is 23.8. The molecule has 0 bridgehead atoms. The van der Waals surface area contributed by atoms with Crippen LogP contribution in [0, 0.1) is 0 Å². The zero-order valence-corrected chi connectivity index (χ0v) is 18.7. The first-order valence-electron chi connectivity index (χ1n) is 9.52. The lowest BCUT2D eigenvalue weighted by atomic mass is 10.1. The number of rotatable bonds is 9. The van der Waals surface area contributed by atoms with E-state index in [9.17, 15) is 9.59 Å². The van der Waals surface area contributed by atoms with E-state index in [-0.39, 0.29) is 10.9 Å². The van der Waals surface area contributed by atoms with Crippen LogP contribution in [0.2, 0.25) is 10.0 Å². The molecule has 30 heavy (non-hydrogen) atoms. The summed E-state index contributed by atoms with van der Waals surface area (Å²) >= 11 is 12.1. The first-order valence-corrected chi connectivity index (χ1v) is 10.3. The van der Waals surface area contributed by atoms with Crippen LogP contribution in [0.25, 0.3) is 0 Å². The van der Waals surface area contributed by atoms with Gasteiger partial charge in [0.15, 0.2) is 0 Å². The molecule has 0 aliphatic heterocycles.